The van der Waals surface area contributed by atoms with Crippen LogP contribution in [0.2, 0.25) is 0 Å². The molecule has 1 heterocycles. The quantitative estimate of drug-likeness (QED) is 0.275. The molecular formula is C16H23N3OS. The number of nitrogens with two attached hydrogens (primary N) is 1. The van der Waals surface area contributed by atoms with E-state index < -0.39 is 0 Å². The van der Waals surface area contributed by atoms with Gasteiger partial charge in [0.1, 0.15) is 5.78 Å². The van der Waals surface area contributed by atoms with Crippen LogP contribution >= 0.6 is 11.8 Å². The van der Waals surface area contributed by atoms with Crippen LogP contribution in [-0.4, -0.2) is 20.6 Å². The Hall–Kier alpha value is -1.38. The zero-order valence-corrected chi connectivity index (χ0v) is 13.8. The Morgan fingerprint density at radius 2 is 2.10 bits per heavy atom. The van der Waals surface area contributed by atoms with Gasteiger partial charge in [0.15, 0.2) is 5.16 Å². The highest BCUT2D eigenvalue weighted by Gasteiger charge is 2.20. The number of aromatic nitrogens is 2. The third-order valence-corrected chi connectivity index (χ3v) is 3.83. The minimum atomic E-state index is -0.339. The van der Waals surface area contributed by atoms with Crippen LogP contribution < -0.4 is 5.73 Å². The first-order valence-corrected chi connectivity index (χ1v) is 8.03. The summed E-state index contributed by atoms with van der Waals surface area (Å²) in [6.07, 6.45) is 7.49. The largest absolute Gasteiger partial charge is 0.317 e. The maximum absolute atomic E-state index is 10.8. The van der Waals surface area contributed by atoms with Crippen molar-refractivity contribution >= 4 is 17.5 Å². The van der Waals surface area contributed by atoms with Crippen molar-refractivity contribution in [1.82, 2.24) is 9.97 Å². The summed E-state index contributed by atoms with van der Waals surface area (Å²) in [5, 5.41) is 0.676. The predicted molar refractivity (Wildman–Crippen MR) is 86.8 cm³/mol. The van der Waals surface area contributed by atoms with Crippen LogP contribution in [0.5, 0.6) is 0 Å². The van der Waals surface area contributed by atoms with Crippen LogP contribution in [-0.2, 0) is 4.79 Å². The van der Waals surface area contributed by atoms with Crippen LogP contribution in [0.25, 0.3) is 0 Å². The highest BCUT2D eigenvalue weighted by molar-refractivity contribution is 8.00. The molecule has 0 aromatic carbocycles. The average molecular weight is 305 g/mol. The molecule has 1 unspecified atom stereocenters. The molecule has 1 aromatic rings. The van der Waals surface area contributed by atoms with Gasteiger partial charge in [-0.05, 0) is 26.7 Å². The predicted octanol–water partition coefficient (Wildman–Crippen LogP) is 3.15. The highest BCUT2D eigenvalue weighted by atomic mass is 32.2. The third kappa shape index (κ3) is 7.84. The Morgan fingerprint density at radius 3 is 2.67 bits per heavy atom. The van der Waals surface area contributed by atoms with Gasteiger partial charge in [-0.1, -0.05) is 36.9 Å². The number of rotatable bonds is 7. The molecule has 1 aromatic heterocycles. The van der Waals surface area contributed by atoms with Crippen molar-refractivity contribution in [2.24, 2.45) is 5.73 Å². The molecule has 0 spiro atoms. The Bertz CT molecular complexity index is 515. The maximum atomic E-state index is 10.8. The lowest BCUT2D eigenvalue weighted by Gasteiger charge is -2.21. The van der Waals surface area contributed by atoms with Crippen LogP contribution in [0.1, 0.15) is 58.4 Å². The summed E-state index contributed by atoms with van der Waals surface area (Å²) in [6.45, 7) is 5.70. The van der Waals surface area contributed by atoms with Gasteiger partial charge in [0.2, 0.25) is 0 Å². The van der Waals surface area contributed by atoms with Crippen LogP contribution in [0.15, 0.2) is 17.6 Å². The molecule has 2 N–H and O–H groups in total. The molecule has 1 atom stereocenters. The number of unbranched alkanes of at least 4 members (excludes halogenated alkanes) is 1. The highest BCUT2D eigenvalue weighted by Crippen LogP contribution is 2.29. The monoisotopic (exact) mass is 305 g/mol. The van der Waals surface area contributed by atoms with Crippen molar-refractivity contribution in [3.63, 3.8) is 0 Å². The van der Waals surface area contributed by atoms with Gasteiger partial charge in [-0.25, -0.2) is 9.97 Å². The van der Waals surface area contributed by atoms with Gasteiger partial charge in [-0.2, -0.15) is 0 Å². The molecule has 0 aliphatic rings. The van der Waals surface area contributed by atoms with E-state index in [4.69, 9.17) is 5.73 Å². The van der Waals surface area contributed by atoms with E-state index in [2.05, 4.69) is 28.7 Å². The van der Waals surface area contributed by atoms with Crippen LogP contribution in [0, 0.1) is 11.8 Å². The van der Waals surface area contributed by atoms with E-state index in [-0.39, 0.29) is 10.7 Å². The Kier molecular flexibility index (Phi) is 7.41. The summed E-state index contributed by atoms with van der Waals surface area (Å²) < 4.78 is 0. The molecule has 0 aliphatic heterocycles. The normalized spacial score (nSPS) is 13.1. The number of carbonyl (C=O) groups excluding carboxylic acids is 1. The zero-order valence-electron chi connectivity index (χ0n) is 13.0. The van der Waals surface area contributed by atoms with E-state index in [0.29, 0.717) is 18.0 Å². The summed E-state index contributed by atoms with van der Waals surface area (Å²) in [4.78, 5) is 19.0. The number of nitrogens with zero attached hydrogens (tertiary/aromatic N) is 2. The van der Waals surface area contributed by atoms with Gasteiger partial charge < -0.3 is 10.5 Å². The van der Waals surface area contributed by atoms with Gasteiger partial charge in [0.25, 0.3) is 0 Å². The summed E-state index contributed by atoms with van der Waals surface area (Å²) in [6, 6.07) is 0. The summed E-state index contributed by atoms with van der Waals surface area (Å²) in [5.41, 5.74) is 6.95. The summed E-state index contributed by atoms with van der Waals surface area (Å²) in [5.74, 6) is 6.24. The number of ketones is 1. The lowest BCUT2D eigenvalue weighted by molar-refractivity contribution is -0.117. The molecule has 0 saturated carbocycles. The molecule has 114 valence electrons. The fourth-order valence-electron chi connectivity index (χ4n) is 1.78. The number of thioether (sulfide) groups is 1. The first kappa shape index (κ1) is 17.7. The second-order valence-electron chi connectivity index (χ2n) is 5.28. The molecule has 4 nitrogen and oxygen atoms in total. The number of carbonyl (C=O) groups is 1. The molecule has 5 heteroatoms. The second kappa shape index (κ2) is 8.81. The SMILES string of the molecule is CCCC(C)(N)Sc1ncc(C#CCCCC(C)=O)cn1. The fourth-order valence-corrected chi connectivity index (χ4v) is 2.71. The molecule has 0 aliphatic carbocycles. The summed E-state index contributed by atoms with van der Waals surface area (Å²) >= 11 is 1.48. The molecule has 0 radical (unpaired) electrons. The second-order valence-corrected chi connectivity index (χ2v) is 6.78. The minimum absolute atomic E-state index is 0.207. The van der Waals surface area contributed by atoms with Crippen molar-refractivity contribution < 1.29 is 4.79 Å². The number of Topliss-reactive ketones (excluding diaryl/α,β-unsaturated/α-hetero) is 1. The van der Waals surface area contributed by atoms with Crippen LogP contribution in [0.4, 0.5) is 0 Å². The van der Waals surface area contributed by atoms with Crippen LogP contribution in [0.3, 0.4) is 0 Å². The van der Waals surface area contributed by atoms with E-state index in [1.165, 1.54) is 11.8 Å². The molecule has 0 saturated heterocycles. The van der Waals surface area contributed by atoms with Gasteiger partial charge in [0, 0.05) is 25.2 Å². The summed E-state index contributed by atoms with van der Waals surface area (Å²) in [7, 11) is 0. The lowest BCUT2D eigenvalue weighted by Crippen LogP contribution is -2.31. The third-order valence-electron chi connectivity index (χ3n) is 2.76. The lowest BCUT2D eigenvalue weighted by atomic mass is 10.2. The van der Waals surface area contributed by atoms with E-state index in [9.17, 15) is 4.79 Å². The van der Waals surface area contributed by atoms with Crippen molar-refractivity contribution in [2.45, 2.75) is 62.9 Å². The maximum Gasteiger partial charge on any atom is 0.189 e. The van der Waals surface area contributed by atoms with E-state index in [1.807, 2.05) is 6.92 Å². The average Bonchev–Trinajstić information content (AvgIpc) is 2.39. The van der Waals surface area contributed by atoms with Crippen molar-refractivity contribution in [3.8, 4) is 11.8 Å². The van der Waals surface area contributed by atoms with Gasteiger partial charge >= 0.3 is 0 Å². The van der Waals surface area contributed by atoms with Crippen molar-refractivity contribution in [1.29, 1.82) is 0 Å². The van der Waals surface area contributed by atoms with E-state index >= 15 is 0 Å². The Labute approximate surface area is 131 Å². The first-order valence-electron chi connectivity index (χ1n) is 7.21. The Morgan fingerprint density at radius 1 is 1.43 bits per heavy atom. The number of hydrogen-bond donors (Lipinski definition) is 1. The molecular weight excluding hydrogens is 282 g/mol. The molecule has 0 amide bonds. The minimum Gasteiger partial charge on any atom is -0.317 e. The molecule has 0 bridgehead atoms. The number of hydrogen-bond acceptors (Lipinski definition) is 5. The van der Waals surface area contributed by atoms with Crippen molar-refractivity contribution in [2.75, 3.05) is 0 Å². The van der Waals surface area contributed by atoms with Gasteiger partial charge in [0.05, 0.1) is 10.4 Å². The standard InChI is InChI=1S/C16H23N3OS/c1-4-10-16(3,17)21-15-18-11-14(12-19-15)9-7-5-6-8-13(2)20/h11-12H,4-6,8,10,17H2,1-3H3. The zero-order chi connectivity index (χ0) is 15.7. The van der Waals surface area contributed by atoms with Gasteiger partial charge in [-0.3, -0.25) is 0 Å². The molecule has 0 fully saturated rings. The topological polar surface area (TPSA) is 68.9 Å². The molecule has 1 rings (SSSR count). The van der Waals surface area contributed by atoms with E-state index in [1.54, 1.807) is 19.3 Å². The smallest absolute Gasteiger partial charge is 0.189 e. The fraction of sp³-hybridized carbons (Fsp3) is 0.562. The molecule has 21 heavy (non-hydrogen) atoms. The van der Waals surface area contributed by atoms with E-state index in [0.717, 1.165) is 24.8 Å². The van der Waals surface area contributed by atoms with Gasteiger partial charge in [-0.15, -0.1) is 0 Å². The Balaban J connectivity index is 2.51. The van der Waals surface area contributed by atoms with Crippen molar-refractivity contribution in [3.05, 3.63) is 18.0 Å². The first-order chi connectivity index (χ1) is 9.93.